The van der Waals surface area contributed by atoms with Gasteiger partial charge in [-0.15, -0.1) is 16.2 Å². The molecular weight excluding hydrogens is 338 g/mol. The van der Waals surface area contributed by atoms with E-state index in [0.717, 1.165) is 11.1 Å². The molecule has 0 aliphatic carbocycles. The quantitative estimate of drug-likeness (QED) is 0.446. The van der Waals surface area contributed by atoms with Crippen LogP contribution in [0, 0.1) is 6.92 Å². The number of aryl methyl sites for hydroxylation is 1. The molecule has 0 bridgehead atoms. The first-order valence-electron chi connectivity index (χ1n) is 6.60. The number of rotatable bonds is 6. The predicted octanol–water partition coefficient (Wildman–Crippen LogP) is 0.421. The van der Waals surface area contributed by atoms with Crippen molar-refractivity contribution in [1.82, 2.24) is 10.3 Å². The molecule has 2 aromatic rings. The van der Waals surface area contributed by atoms with Crippen LogP contribution < -0.4 is 14.8 Å². The normalized spacial score (nSPS) is 11.2. The Bertz CT molecular complexity index is 843. The number of ketones is 1. The average molecular weight is 354 g/mol. The zero-order valence-electron chi connectivity index (χ0n) is 12.6. The molecule has 122 valence electrons. The number of carbonyl (C=O) groups excluding carboxylic acids is 2. The van der Waals surface area contributed by atoms with Crippen LogP contribution in [-0.4, -0.2) is 26.4 Å². The maximum Gasteiger partial charge on any atom is 0.272 e. The number of nitrogens with zero attached hydrogens (tertiary/aromatic N) is 1. The molecular formula is C14H16N3O4S2+. The van der Waals surface area contributed by atoms with Crippen molar-refractivity contribution in [3.63, 3.8) is 0 Å². The molecule has 0 aliphatic heterocycles. The standard InChI is InChI=1S/C14H15N3O4S2/c1-10-5-6-13(22-10)12(18)9-17-7-3-4-11(8-17)14(19)15-16-23(2,20)21/h3-8,16H,9H2,1-2H3/p+1. The van der Waals surface area contributed by atoms with Crippen LogP contribution in [0.15, 0.2) is 36.7 Å². The highest BCUT2D eigenvalue weighted by Crippen LogP contribution is 2.15. The molecule has 0 saturated heterocycles. The van der Waals surface area contributed by atoms with Gasteiger partial charge in [0.1, 0.15) is 5.56 Å². The molecule has 9 heteroatoms. The first-order chi connectivity index (χ1) is 10.7. The molecule has 23 heavy (non-hydrogen) atoms. The second kappa shape index (κ2) is 6.99. The largest absolute Gasteiger partial charge is 0.286 e. The summed E-state index contributed by atoms with van der Waals surface area (Å²) in [5, 5.41) is 0. The highest BCUT2D eigenvalue weighted by Gasteiger charge is 2.16. The molecule has 0 unspecified atom stereocenters. The lowest BCUT2D eigenvalue weighted by Crippen LogP contribution is -2.43. The van der Waals surface area contributed by atoms with E-state index in [4.69, 9.17) is 0 Å². The third-order valence-electron chi connectivity index (χ3n) is 2.81. The smallest absolute Gasteiger partial charge is 0.272 e. The van der Waals surface area contributed by atoms with Crippen molar-refractivity contribution in [2.45, 2.75) is 13.5 Å². The van der Waals surface area contributed by atoms with Gasteiger partial charge in [-0.1, -0.05) is 0 Å². The fraction of sp³-hybridized carbons (Fsp3) is 0.214. The minimum Gasteiger partial charge on any atom is -0.286 e. The van der Waals surface area contributed by atoms with Crippen LogP contribution >= 0.6 is 11.3 Å². The summed E-state index contributed by atoms with van der Waals surface area (Å²) >= 11 is 1.42. The molecule has 7 nitrogen and oxygen atoms in total. The summed E-state index contributed by atoms with van der Waals surface area (Å²) < 4.78 is 23.5. The van der Waals surface area contributed by atoms with Crippen LogP contribution in [0.4, 0.5) is 0 Å². The predicted molar refractivity (Wildman–Crippen MR) is 85.5 cm³/mol. The molecule has 0 spiro atoms. The van der Waals surface area contributed by atoms with E-state index in [0.29, 0.717) is 4.88 Å². The van der Waals surface area contributed by atoms with Crippen LogP contribution in [0.5, 0.6) is 0 Å². The molecule has 2 N–H and O–H groups in total. The van der Waals surface area contributed by atoms with Crippen molar-refractivity contribution < 1.29 is 22.6 Å². The third-order valence-corrected chi connectivity index (χ3v) is 4.33. The van der Waals surface area contributed by atoms with E-state index in [1.165, 1.54) is 23.6 Å². The van der Waals surface area contributed by atoms with Crippen molar-refractivity contribution >= 4 is 33.1 Å². The summed E-state index contributed by atoms with van der Waals surface area (Å²) in [4.78, 5) is 27.6. The van der Waals surface area contributed by atoms with Gasteiger partial charge >= 0.3 is 0 Å². The van der Waals surface area contributed by atoms with Crippen molar-refractivity contribution in [3.05, 3.63) is 52.0 Å². The maximum atomic E-state index is 12.2. The highest BCUT2D eigenvalue weighted by molar-refractivity contribution is 7.88. The number of sulfonamides is 1. The number of amides is 1. The Labute approximate surface area is 138 Å². The first kappa shape index (κ1) is 17.3. The van der Waals surface area contributed by atoms with E-state index in [-0.39, 0.29) is 17.9 Å². The van der Waals surface area contributed by atoms with Crippen LogP contribution in [0.1, 0.15) is 24.9 Å². The van der Waals surface area contributed by atoms with Gasteiger partial charge in [-0.05, 0) is 25.1 Å². The van der Waals surface area contributed by atoms with Gasteiger partial charge in [0.2, 0.25) is 22.4 Å². The van der Waals surface area contributed by atoms with E-state index in [9.17, 15) is 18.0 Å². The molecule has 1 amide bonds. The molecule has 0 atom stereocenters. The Hall–Kier alpha value is -2.10. The lowest BCUT2D eigenvalue weighted by Gasteiger charge is -2.04. The van der Waals surface area contributed by atoms with Crippen LogP contribution in [-0.2, 0) is 16.6 Å². The van der Waals surface area contributed by atoms with Crippen molar-refractivity contribution in [3.8, 4) is 0 Å². The minimum atomic E-state index is -3.53. The number of pyridine rings is 1. The summed E-state index contributed by atoms with van der Waals surface area (Å²) in [7, 11) is -3.53. The van der Waals surface area contributed by atoms with Gasteiger partial charge in [0.25, 0.3) is 5.91 Å². The molecule has 2 rings (SSSR count). The Morgan fingerprint density at radius 1 is 1.26 bits per heavy atom. The molecule has 2 heterocycles. The van der Waals surface area contributed by atoms with E-state index >= 15 is 0 Å². The van der Waals surface area contributed by atoms with Gasteiger partial charge in [0.15, 0.2) is 12.4 Å². The maximum absolute atomic E-state index is 12.2. The first-order valence-corrected chi connectivity index (χ1v) is 9.31. The Morgan fingerprint density at radius 2 is 2.00 bits per heavy atom. The molecule has 0 fully saturated rings. The lowest BCUT2D eigenvalue weighted by molar-refractivity contribution is -0.683. The van der Waals surface area contributed by atoms with Gasteiger partial charge in [0, 0.05) is 10.9 Å². The Balaban J connectivity index is 2.07. The monoisotopic (exact) mass is 354 g/mol. The van der Waals surface area contributed by atoms with E-state index in [1.54, 1.807) is 22.9 Å². The summed E-state index contributed by atoms with van der Waals surface area (Å²) in [6, 6.07) is 6.79. The summed E-state index contributed by atoms with van der Waals surface area (Å²) in [6.45, 7) is 2.02. The minimum absolute atomic E-state index is 0.0556. The Kier molecular flexibility index (Phi) is 5.24. The molecule has 0 aliphatic rings. The number of hydrogen-bond acceptors (Lipinski definition) is 5. The van der Waals surface area contributed by atoms with E-state index in [1.807, 2.05) is 17.8 Å². The summed E-state index contributed by atoms with van der Waals surface area (Å²) in [6.07, 6.45) is 4.08. The highest BCUT2D eigenvalue weighted by atomic mass is 32.2. The van der Waals surface area contributed by atoms with Gasteiger partial charge < -0.3 is 0 Å². The van der Waals surface area contributed by atoms with E-state index < -0.39 is 15.9 Å². The second-order valence-electron chi connectivity index (χ2n) is 4.93. The number of aromatic nitrogens is 1. The van der Waals surface area contributed by atoms with Gasteiger partial charge in [-0.25, -0.2) is 8.42 Å². The zero-order valence-corrected chi connectivity index (χ0v) is 14.2. The average Bonchev–Trinajstić information content (AvgIpc) is 2.91. The molecule has 0 radical (unpaired) electrons. The molecule has 0 saturated carbocycles. The van der Waals surface area contributed by atoms with Crippen molar-refractivity contribution in [2.75, 3.05) is 6.26 Å². The summed E-state index contributed by atoms with van der Waals surface area (Å²) in [5.41, 5.74) is 2.32. The van der Waals surface area contributed by atoms with Crippen molar-refractivity contribution in [2.24, 2.45) is 0 Å². The zero-order chi connectivity index (χ0) is 17.0. The SMILES string of the molecule is Cc1ccc(C(=O)C[n+]2cccc(C(=O)NNS(C)(=O)=O)c2)s1. The lowest BCUT2D eigenvalue weighted by atomic mass is 10.2. The van der Waals surface area contributed by atoms with Crippen LogP contribution in [0.2, 0.25) is 0 Å². The van der Waals surface area contributed by atoms with Crippen LogP contribution in [0.25, 0.3) is 0 Å². The van der Waals surface area contributed by atoms with Gasteiger partial charge in [-0.2, -0.15) is 4.57 Å². The molecule has 2 aromatic heterocycles. The van der Waals surface area contributed by atoms with Gasteiger partial charge in [-0.3, -0.25) is 15.0 Å². The number of Topliss-reactive ketones (excluding diaryl/α,β-unsaturated/α-hetero) is 1. The van der Waals surface area contributed by atoms with Crippen molar-refractivity contribution in [1.29, 1.82) is 0 Å². The Morgan fingerprint density at radius 3 is 2.61 bits per heavy atom. The van der Waals surface area contributed by atoms with Crippen LogP contribution in [0.3, 0.4) is 0 Å². The molecule has 0 aromatic carbocycles. The van der Waals surface area contributed by atoms with E-state index in [2.05, 4.69) is 5.43 Å². The number of thiophene rings is 1. The fourth-order valence-electron chi connectivity index (χ4n) is 1.79. The number of hydrogen-bond donors (Lipinski definition) is 2. The van der Waals surface area contributed by atoms with Gasteiger partial charge in [0.05, 0.1) is 11.1 Å². The number of nitrogens with one attached hydrogen (secondary N) is 2. The number of hydrazine groups is 1. The topological polar surface area (TPSA) is 96.2 Å². The second-order valence-corrected chi connectivity index (χ2v) is 7.96. The fourth-order valence-corrected chi connectivity index (χ4v) is 2.87. The summed E-state index contributed by atoms with van der Waals surface area (Å²) in [5.74, 6) is -0.663. The third kappa shape index (κ3) is 5.23. The number of carbonyl (C=O) groups is 2.